The summed E-state index contributed by atoms with van der Waals surface area (Å²) in [6, 6.07) is 11.2. The molecule has 2 rings (SSSR count). The lowest BCUT2D eigenvalue weighted by Gasteiger charge is -2.25. The number of ether oxygens (including phenoxy) is 2. The second-order valence-electron chi connectivity index (χ2n) is 9.00. The molecule has 0 saturated carbocycles. The molecule has 2 aromatic carbocycles. The number of urea groups is 1. The summed E-state index contributed by atoms with van der Waals surface area (Å²) in [5.74, 6) is 0.0158. The van der Waals surface area contributed by atoms with Crippen molar-refractivity contribution in [2.75, 3.05) is 31.6 Å². The smallest absolute Gasteiger partial charge is 0.333 e. The highest BCUT2D eigenvalue weighted by Crippen LogP contribution is 2.21. The number of aryl methyl sites for hydroxylation is 3. The third kappa shape index (κ3) is 8.37. The van der Waals surface area contributed by atoms with Crippen LogP contribution in [0.1, 0.15) is 43.0 Å². The summed E-state index contributed by atoms with van der Waals surface area (Å²) in [6.07, 6.45) is -0.565. The Morgan fingerprint density at radius 1 is 1.03 bits per heavy atom. The van der Waals surface area contributed by atoms with Gasteiger partial charge in [0.05, 0.1) is 6.54 Å². The van der Waals surface area contributed by atoms with Crippen LogP contribution in [0, 0.1) is 26.7 Å². The summed E-state index contributed by atoms with van der Waals surface area (Å²) >= 11 is 0. The lowest BCUT2D eigenvalue weighted by atomic mass is 10.1. The van der Waals surface area contributed by atoms with Crippen LogP contribution in [0.3, 0.4) is 0 Å². The van der Waals surface area contributed by atoms with Gasteiger partial charge in [-0.2, -0.15) is 0 Å². The first kappa shape index (κ1) is 27.2. The molecule has 0 aliphatic rings. The lowest BCUT2D eigenvalue weighted by molar-refractivity contribution is -0.149. The lowest BCUT2D eigenvalue weighted by Crippen LogP contribution is -2.40. The van der Waals surface area contributed by atoms with Crippen LogP contribution < -0.4 is 10.1 Å². The summed E-state index contributed by atoms with van der Waals surface area (Å²) < 4.78 is 11.1. The van der Waals surface area contributed by atoms with Crippen molar-refractivity contribution in [3.8, 4) is 5.75 Å². The van der Waals surface area contributed by atoms with E-state index in [9.17, 15) is 14.7 Å². The van der Waals surface area contributed by atoms with E-state index in [1.165, 1.54) is 5.56 Å². The zero-order valence-corrected chi connectivity index (χ0v) is 21.2. The summed E-state index contributed by atoms with van der Waals surface area (Å²) in [7, 11) is 0. The van der Waals surface area contributed by atoms with Crippen molar-refractivity contribution in [2.24, 2.45) is 5.92 Å². The first-order valence-electron chi connectivity index (χ1n) is 11.8. The summed E-state index contributed by atoms with van der Waals surface area (Å²) in [5.41, 5.74) is 5.05. The molecule has 0 aromatic heterocycles. The van der Waals surface area contributed by atoms with Gasteiger partial charge in [-0.05, 0) is 74.1 Å². The average Bonchev–Trinajstić information content (AvgIpc) is 2.77. The number of hydrogen-bond donors (Lipinski definition) is 2. The van der Waals surface area contributed by atoms with Crippen molar-refractivity contribution in [3.63, 3.8) is 0 Å². The molecule has 1 atom stereocenters. The number of aliphatic carboxylic acids is 1. The molecule has 0 saturated heterocycles. The van der Waals surface area contributed by atoms with Gasteiger partial charge in [0.15, 0.2) is 6.10 Å². The molecule has 0 spiro atoms. The molecule has 7 heteroatoms. The van der Waals surface area contributed by atoms with Crippen LogP contribution in [0.5, 0.6) is 5.75 Å². The molecule has 0 bridgehead atoms. The molecule has 0 fully saturated rings. The molecule has 7 nitrogen and oxygen atoms in total. The predicted molar refractivity (Wildman–Crippen MR) is 135 cm³/mol. The molecule has 2 N–H and O–H groups in total. The van der Waals surface area contributed by atoms with Crippen LogP contribution in [0.15, 0.2) is 36.4 Å². The van der Waals surface area contributed by atoms with E-state index in [0.29, 0.717) is 44.4 Å². The Labute approximate surface area is 203 Å². The number of nitrogens with one attached hydrogen (secondary N) is 1. The molecule has 1 unspecified atom stereocenters. The van der Waals surface area contributed by atoms with Crippen LogP contribution in [0.25, 0.3) is 0 Å². The number of amides is 2. The average molecular weight is 471 g/mol. The number of benzene rings is 2. The number of rotatable bonds is 12. The quantitative estimate of drug-likeness (QED) is 0.444. The number of hydrogen-bond acceptors (Lipinski definition) is 4. The second kappa shape index (κ2) is 13.0. The Kier molecular flexibility index (Phi) is 10.4. The first-order valence-corrected chi connectivity index (χ1v) is 11.8. The molecule has 2 amide bonds. The Balaban J connectivity index is 1.95. The summed E-state index contributed by atoms with van der Waals surface area (Å²) in [6.45, 7) is 13.8. The molecular weight excluding hydrogens is 432 g/mol. The van der Waals surface area contributed by atoms with Crippen molar-refractivity contribution >= 4 is 17.7 Å². The van der Waals surface area contributed by atoms with Gasteiger partial charge in [0.2, 0.25) is 0 Å². The van der Waals surface area contributed by atoms with Crippen LogP contribution >= 0.6 is 0 Å². The van der Waals surface area contributed by atoms with Gasteiger partial charge in [-0.3, -0.25) is 0 Å². The summed E-state index contributed by atoms with van der Waals surface area (Å²) in [5, 5.41) is 12.3. The Hall–Kier alpha value is -3.06. The fourth-order valence-electron chi connectivity index (χ4n) is 3.63. The van der Waals surface area contributed by atoms with Crippen molar-refractivity contribution in [1.82, 2.24) is 4.90 Å². The molecule has 34 heavy (non-hydrogen) atoms. The number of carboxylic acid groups (broad SMARTS) is 1. The van der Waals surface area contributed by atoms with E-state index in [0.717, 1.165) is 22.4 Å². The molecule has 0 heterocycles. The van der Waals surface area contributed by atoms with Gasteiger partial charge in [-0.15, -0.1) is 0 Å². The van der Waals surface area contributed by atoms with E-state index < -0.39 is 12.1 Å². The highest BCUT2D eigenvalue weighted by atomic mass is 16.5. The van der Waals surface area contributed by atoms with E-state index >= 15 is 0 Å². The third-order valence-corrected chi connectivity index (χ3v) is 5.57. The molecule has 2 aromatic rings. The SMILES string of the molecule is CCOC(Cc1ccc(OCCN(CC(C)C)C(=O)Nc2cc(C)c(C)cc2C)cc1)C(=O)O. The van der Waals surface area contributed by atoms with Crippen LogP contribution in [0.2, 0.25) is 0 Å². The van der Waals surface area contributed by atoms with Crippen molar-refractivity contribution < 1.29 is 24.2 Å². The van der Waals surface area contributed by atoms with E-state index in [4.69, 9.17) is 9.47 Å². The van der Waals surface area contributed by atoms with Gasteiger partial charge >= 0.3 is 12.0 Å². The highest BCUT2D eigenvalue weighted by Gasteiger charge is 2.18. The minimum absolute atomic E-state index is 0.144. The van der Waals surface area contributed by atoms with E-state index in [1.54, 1.807) is 11.8 Å². The zero-order valence-electron chi connectivity index (χ0n) is 21.2. The maximum atomic E-state index is 13.0. The van der Waals surface area contributed by atoms with Crippen molar-refractivity contribution in [2.45, 2.75) is 54.1 Å². The zero-order chi connectivity index (χ0) is 25.3. The number of carbonyl (C=O) groups is 2. The van der Waals surface area contributed by atoms with E-state index in [2.05, 4.69) is 32.2 Å². The maximum absolute atomic E-state index is 13.0. The van der Waals surface area contributed by atoms with Gasteiger partial charge in [-0.25, -0.2) is 9.59 Å². The van der Waals surface area contributed by atoms with Gasteiger partial charge in [0, 0.05) is 25.3 Å². The largest absolute Gasteiger partial charge is 0.492 e. The van der Waals surface area contributed by atoms with Crippen molar-refractivity contribution in [3.05, 3.63) is 58.7 Å². The van der Waals surface area contributed by atoms with Crippen LogP contribution in [0.4, 0.5) is 10.5 Å². The van der Waals surface area contributed by atoms with Crippen LogP contribution in [-0.2, 0) is 16.0 Å². The second-order valence-corrected chi connectivity index (χ2v) is 9.00. The molecule has 0 aliphatic carbocycles. The van der Waals surface area contributed by atoms with E-state index in [1.807, 2.05) is 44.2 Å². The Bertz CT molecular complexity index is 956. The van der Waals surface area contributed by atoms with Crippen molar-refractivity contribution in [1.29, 1.82) is 0 Å². The normalized spacial score (nSPS) is 11.9. The number of carbonyl (C=O) groups excluding carboxylic acids is 1. The fraction of sp³-hybridized carbons (Fsp3) is 0.481. The minimum atomic E-state index is -0.971. The Morgan fingerprint density at radius 2 is 1.68 bits per heavy atom. The molecule has 186 valence electrons. The number of carboxylic acids is 1. The third-order valence-electron chi connectivity index (χ3n) is 5.57. The number of anilines is 1. The van der Waals surface area contributed by atoms with Gasteiger partial charge in [-0.1, -0.05) is 32.0 Å². The Morgan fingerprint density at radius 3 is 2.26 bits per heavy atom. The fourth-order valence-corrected chi connectivity index (χ4v) is 3.63. The standard InChI is InChI=1S/C27H38N2O5/c1-7-33-25(26(30)31)16-22-8-10-23(11-9-22)34-13-12-29(17-18(2)3)27(32)28-24-15-20(5)19(4)14-21(24)6/h8-11,14-15,18,25H,7,12-13,16-17H2,1-6H3,(H,28,32)(H,30,31). The topological polar surface area (TPSA) is 88.1 Å². The first-order chi connectivity index (χ1) is 16.1. The molecule has 0 aliphatic heterocycles. The monoisotopic (exact) mass is 470 g/mol. The molecular formula is C27H38N2O5. The van der Waals surface area contributed by atoms with Gasteiger partial charge in [0.1, 0.15) is 12.4 Å². The minimum Gasteiger partial charge on any atom is -0.492 e. The highest BCUT2D eigenvalue weighted by molar-refractivity contribution is 5.90. The maximum Gasteiger partial charge on any atom is 0.333 e. The van der Waals surface area contributed by atoms with Gasteiger partial charge in [0.25, 0.3) is 0 Å². The van der Waals surface area contributed by atoms with E-state index in [-0.39, 0.29) is 6.03 Å². The van der Waals surface area contributed by atoms with Crippen LogP contribution in [-0.4, -0.2) is 54.4 Å². The number of nitrogens with zero attached hydrogens (tertiary/aromatic N) is 1. The predicted octanol–water partition coefficient (Wildman–Crippen LogP) is 5.21. The molecule has 0 radical (unpaired) electrons. The summed E-state index contributed by atoms with van der Waals surface area (Å²) in [4.78, 5) is 26.0. The van der Waals surface area contributed by atoms with Gasteiger partial charge < -0.3 is 24.8 Å².